The number of methoxy groups -OCH3 is 1. The van der Waals surface area contributed by atoms with E-state index in [1.54, 1.807) is 25.2 Å². The van der Waals surface area contributed by atoms with Crippen molar-refractivity contribution in [1.82, 2.24) is 9.78 Å². The average Bonchev–Trinajstić information content (AvgIpc) is 2.91. The van der Waals surface area contributed by atoms with E-state index in [1.807, 2.05) is 0 Å². The first kappa shape index (κ1) is 15.2. The number of benzene rings is 1. The van der Waals surface area contributed by atoms with Crippen LogP contribution in [-0.4, -0.2) is 35.2 Å². The number of halogens is 1. The summed E-state index contributed by atoms with van der Waals surface area (Å²) in [6.45, 7) is -0.327. The zero-order valence-corrected chi connectivity index (χ0v) is 13.1. The molecule has 2 rings (SSSR count). The molecule has 0 atom stereocenters. The van der Waals surface area contributed by atoms with Crippen molar-refractivity contribution >= 4 is 27.7 Å². The standard InChI is InChI=1S/C14H13BrN2O4/c1-17-7-10(6-16-17)14(19)21-8-12(18)9-3-4-13(20-2)11(15)5-9/h3-7H,8H2,1-2H3. The number of aromatic nitrogens is 2. The molecule has 7 heteroatoms. The zero-order valence-electron chi connectivity index (χ0n) is 11.5. The summed E-state index contributed by atoms with van der Waals surface area (Å²) in [4.78, 5) is 23.7. The molecule has 0 saturated heterocycles. The molecule has 2 aromatic rings. The van der Waals surface area contributed by atoms with Gasteiger partial charge in [-0.15, -0.1) is 0 Å². The molecule has 0 fully saturated rings. The van der Waals surface area contributed by atoms with Crippen LogP contribution in [-0.2, 0) is 11.8 Å². The molecule has 0 spiro atoms. The molecule has 110 valence electrons. The summed E-state index contributed by atoms with van der Waals surface area (Å²) in [5.74, 6) is -0.251. The monoisotopic (exact) mass is 352 g/mol. The zero-order chi connectivity index (χ0) is 15.4. The van der Waals surface area contributed by atoms with Gasteiger partial charge >= 0.3 is 5.97 Å². The highest BCUT2D eigenvalue weighted by molar-refractivity contribution is 9.10. The third kappa shape index (κ3) is 3.69. The van der Waals surface area contributed by atoms with Crippen molar-refractivity contribution in [3.05, 3.63) is 46.2 Å². The summed E-state index contributed by atoms with van der Waals surface area (Å²) in [7, 11) is 3.23. The van der Waals surface area contributed by atoms with Crippen molar-refractivity contribution in [1.29, 1.82) is 0 Å². The smallest absolute Gasteiger partial charge is 0.341 e. The molecule has 6 nitrogen and oxygen atoms in total. The third-order valence-electron chi connectivity index (χ3n) is 2.75. The molecule has 0 aliphatic rings. The lowest BCUT2D eigenvalue weighted by Gasteiger charge is -2.06. The van der Waals surface area contributed by atoms with Gasteiger partial charge in [0.25, 0.3) is 0 Å². The van der Waals surface area contributed by atoms with E-state index in [-0.39, 0.29) is 12.4 Å². The van der Waals surface area contributed by atoms with Crippen LogP contribution in [0.25, 0.3) is 0 Å². The molecule has 0 amide bonds. The summed E-state index contributed by atoms with van der Waals surface area (Å²) in [5, 5.41) is 3.86. The van der Waals surface area contributed by atoms with Gasteiger partial charge in [-0.25, -0.2) is 4.79 Å². The highest BCUT2D eigenvalue weighted by atomic mass is 79.9. The minimum atomic E-state index is -0.580. The fourth-order valence-electron chi connectivity index (χ4n) is 1.66. The average molecular weight is 353 g/mol. The number of nitrogens with zero attached hydrogens (tertiary/aromatic N) is 2. The number of ether oxygens (including phenoxy) is 2. The van der Waals surface area contributed by atoms with E-state index in [9.17, 15) is 9.59 Å². The Morgan fingerprint density at radius 2 is 2.10 bits per heavy atom. The Morgan fingerprint density at radius 1 is 1.33 bits per heavy atom. The highest BCUT2D eigenvalue weighted by Crippen LogP contribution is 2.25. The Balaban J connectivity index is 1.98. The highest BCUT2D eigenvalue weighted by Gasteiger charge is 2.14. The Morgan fingerprint density at radius 3 is 2.67 bits per heavy atom. The van der Waals surface area contributed by atoms with Crippen LogP contribution < -0.4 is 4.74 Å². The molecule has 21 heavy (non-hydrogen) atoms. The van der Waals surface area contributed by atoms with Crippen molar-refractivity contribution in [2.24, 2.45) is 7.05 Å². The molecule has 0 saturated carbocycles. The molecule has 0 N–H and O–H groups in total. The second-order valence-electron chi connectivity index (χ2n) is 4.25. The predicted octanol–water partition coefficient (Wildman–Crippen LogP) is 2.23. The van der Waals surface area contributed by atoms with E-state index >= 15 is 0 Å². The molecule has 0 unspecified atom stereocenters. The van der Waals surface area contributed by atoms with E-state index in [4.69, 9.17) is 9.47 Å². The summed E-state index contributed by atoms with van der Waals surface area (Å²) in [5.41, 5.74) is 0.739. The van der Waals surface area contributed by atoms with Crippen LogP contribution in [0.3, 0.4) is 0 Å². The minimum Gasteiger partial charge on any atom is -0.496 e. The Labute approximate surface area is 129 Å². The van der Waals surface area contributed by atoms with Crippen molar-refractivity contribution in [3.63, 3.8) is 0 Å². The first-order chi connectivity index (χ1) is 10.0. The Kier molecular flexibility index (Phi) is 4.74. The van der Waals surface area contributed by atoms with Gasteiger partial charge < -0.3 is 9.47 Å². The second kappa shape index (κ2) is 6.53. The summed E-state index contributed by atoms with van der Waals surface area (Å²) >= 11 is 3.30. The minimum absolute atomic E-state index is 0.296. The van der Waals surface area contributed by atoms with Crippen LogP contribution in [0, 0.1) is 0 Å². The van der Waals surface area contributed by atoms with Crippen LogP contribution in [0.1, 0.15) is 20.7 Å². The first-order valence-corrected chi connectivity index (χ1v) is 6.83. The molecule has 0 bridgehead atoms. The molecular formula is C14H13BrN2O4. The molecule has 1 aromatic heterocycles. The van der Waals surface area contributed by atoms with Crippen LogP contribution in [0.4, 0.5) is 0 Å². The van der Waals surface area contributed by atoms with Gasteiger partial charge in [0.2, 0.25) is 0 Å². The number of esters is 1. The Hall–Kier alpha value is -2.15. The number of hydrogen-bond acceptors (Lipinski definition) is 5. The van der Waals surface area contributed by atoms with Gasteiger partial charge in [0, 0.05) is 18.8 Å². The number of carbonyl (C=O) groups excluding carboxylic acids is 2. The summed E-state index contributed by atoms with van der Waals surface area (Å²) in [6, 6.07) is 4.91. The molecular weight excluding hydrogens is 340 g/mol. The van der Waals surface area contributed by atoms with Crippen molar-refractivity contribution < 1.29 is 19.1 Å². The van der Waals surface area contributed by atoms with Crippen molar-refractivity contribution in [2.45, 2.75) is 0 Å². The Bertz CT molecular complexity index is 681. The van der Waals surface area contributed by atoms with Gasteiger partial charge in [-0.1, -0.05) is 0 Å². The second-order valence-corrected chi connectivity index (χ2v) is 5.11. The van der Waals surface area contributed by atoms with Gasteiger partial charge in [-0.05, 0) is 34.1 Å². The summed E-state index contributed by atoms with van der Waals surface area (Å²) < 4.78 is 12.2. The molecule has 0 aliphatic heterocycles. The van der Waals surface area contributed by atoms with E-state index in [0.29, 0.717) is 21.3 Å². The normalized spacial score (nSPS) is 10.2. The largest absolute Gasteiger partial charge is 0.496 e. The number of rotatable bonds is 5. The molecule has 1 heterocycles. The van der Waals surface area contributed by atoms with Gasteiger partial charge in [0.1, 0.15) is 5.75 Å². The number of carbonyl (C=O) groups is 2. The molecule has 1 aromatic carbocycles. The van der Waals surface area contributed by atoms with Crippen LogP contribution >= 0.6 is 15.9 Å². The van der Waals surface area contributed by atoms with Gasteiger partial charge in [0.15, 0.2) is 12.4 Å². The lowest BCUT2D eigenvalue weighted by molar-refractivity contribution is 0.0474. The van der Waals surface area contributed by atoms with Crippen LogP contribution in [0.15, 0.2) is 35.1 Å². The van der Waals surface area contributed by atoms with E-state index in [1.165, 1.54) is 24.2 Å². The first-order valence-electron chi connectivity index (χ1n) is 6.03. The third-order valence-corrected chi connectivity index (χ3v) is 3.37. The molecule has 0 aliphatic carbocycles. The fourth-order valence-corrected chi connectivity index (χ4v) is 2.20. The lowest BCUT2D eigenvalue weighted by atomic mass is 10.1. The van der Waals surface area contributed by atoms with E-state index in [0.717, 1.165) is 0 Å². The number of aryl methyl sites for hydroxylation is 1. The molecule has 0 radical (unpaired) electrons. The fraction of sp³-hybridized carbons (Fsp3) is 0.214. The van der Waals surface area contributed by atoms with Gasteiger partial charge in [0.05, 0.1) is 23.3 Å². The summed E-state index contributed by atoms with van der Waals surface area (Å²) in [6.07, 6.45) is 2.91. The van der Waals surface area contributed by atoms with Crippen LogP contribution in [0.5, 0.6) is 5.75 Å². The van der Waals surface area contributed by atoms with Crippen molar-refractivity contribution in [2.75, 3.05) is 13.7 Å². The van der Waals surface area contributed by atoms with E-state index in [2.05, 4.69) is 21.0 Å². The number of hydrogen-bond donors (Lipinski definition) is 0. The van der Waals surface area contributed by atoms with Gasteiger partial charge in [-0.2, -0.15) is 5.10 Å². The number of Topliss-reactive ketones (excluding diaryl/α,β-unsaturated/α-hetero) is 1. The maximum atomic E-state index is 12.0. The quantitative estimate of drug-likeness (QED) is 0.609. The topological polar surface area (TPSA) is 70.4 Å². The van der Waals surface area contributed by atoms with Gasteiger partial charge in [-0.3, -0.25) is 9.48 Å². The number of ketones is 1. The van der Waals surface area contributed by atoms with Crippen LogP contribution in [0.2, 0.25) is 0 Å². The van der Waals surface area contributed by atoms with E-state index < -0.39 is 5.97 Å². The maximum Gasteiger partial charge on any atom is 0.341 e. The van der Waals surface area contributed by atoms with Crippen molar-refractivity contribution in [3.8, 4) is 5.75 Å². The maximum absolute atomic E-state index is 12.0. The predicted molar refractivity (Wildman–Crippen MR) is 78.5 cm³/mol. The SMILES string of the molecule is COc1ccc(C(=O)COC(=O)c2cnn(C)c2)cc1Br. The lowest BCUT2D eigenvalue weighted by Crippen LogP contribution is -2.14.